The van der Waals surface area contributed by atoms with E-state index in [1.807, 2.05) is 30.5 Å². The molecule has 166 valence electrons. The minimum absolute atomic E-state index is 0.00432. The summed E-state index contributed by atoms with van der Waals surface area (Å²) < 4.78 is 2.17. The predicted molar refractivity (Wildman–Crippen MR) is 123 cm³/mol. The molecule has 1 unspecified atom stereocenters. The number of benzene rings is 1. The first kappa shape index (κ1) is 20.8. The zero-order valence-electron chi connectivity index (χ0n) is 18.4. The number of aromatic nitrogens is 4. The van der Waals surface area contributed by atoms with E-state index in [2.05, 4.69) is 42.1 Å². The maximum Gasteiger partial charge on any atom is 0.251 e. The van der Waals surface area contributed by atoms with Gasteiger partial charge in [0.05, 0.1) is 0 Å². The van der Waals surface area contributed by atoms with Gasteiger partial charge in [0.15, 0.2) is 5.82 Å². The number of rotatable bonds is 5. The molecule has 2 aromatic heterocycles. The number of fused-ring (bicyclic) bond motifs is 1. The normalized spacial score (nSPS) is 19.2. The van der Waals surface area contributed by atoms with Crippen molar-refractivity contribution >= 4 is 5.91 Å². The fourth-order valence-corrected chi connectivity index (χ4v) is 4.75. The van der Waals surface area contributed by atoms with Gasteiger partial charge in [-0.25, -0.2) is 0 Å². The summed E-state index contributed by atoms with van der Waals surface area (Å²) in [7, 11) is 0. The second-order valence-electron chi connectivity index (χ2n) is 8.86. The number of pyridine rings is 1. The third kappa shape index (κ3) is 4.72. The third-order valence-electron chi connectivity index (χ3n) is 6.57. The van der Waals surface area contributed by atoms with Crippen LogP contribution in [0.3, 0.4) is 0 Å². The molecule has 4 heterocycles. The van der Waals surface area contributed by atoms with Crippen molar-refractivity contribution in [1.82, 2.24) is 30.0 Å². The molecular formula is C25H30N6O. The molecule has 0 bridgehead atoms. The Bertz CT molecular complexity index is 1040. The molecule has 0 saturated carbocycles. The van der Waals surface area contributed by atoms with E-state index in [9.17, 15) is 4.79 Å². The van der Waals surface area contributed by atoms with Crippen LogP contribution in [0.2, 0.25) is 0 Å². The Hall–Kier alpha value is -3.06. The molecule has 7 nitrogen and oxygen atoms in total. The highest BCUT2D eigenvalue weighted by atomic mass is 16.1. The number of nitrogens with zero attached hydrogens (tertiary/aromatic N) is 5. The molecular weight excluding hydrogens is 400 g/mol. The summed E-state index contributed by atoms with van der Waals surface area (Å²) in [6, 6.07) is 12.1. The van der Waals surface area contributed by atoms with E-state index < -0.39 is 0 Å². The van der Waals surface area contributed by atoms with Crippen LogP contribution in [0.4, 0.5) is 0 Å². The molecule has 1 saturated heterocycles. The van der Waals surface area contributed by atoms with Gasteiger partial charge in [0.2, 0.25) is 0 Å². The minimum Gasteiger partial charge on any atom is -0.349 e. The molecule has 1 atom stereocenters. The Morgan fingerprint density at radius 3 is 2.62 bits per heavy atom. The Labute approximate surface area is 188 Å². The summed E-state index contributed by atoms with van der Waals surface area (Å²) in [6.07, 6.45) is 10.0. The van der Waals surface area contributed by atoms with E-state index in [4.69, 9.17) is 0 Å². The van der Waals surface area contributed by atoms with Crippen molar-refractivity contribution in [2.75, 3.05) is 13.1 Å². The molecule has 1 amide bonds. The lowest BCUT2D eigenvalue weighted by molar-refractivity contribution is 0.0933. The fourth-order valence-electron chi connectivity index (χ4n) is 4.75. The average Bonchev–Trinajstić information content (AvgIpc) is 3.15. The van der Waals surface area contributed by atoms with Crippen molar-refractivity contribution in [2.45, 2.75) is 57.7 Å². The zero-order chi connectivity index (χ0) is 21.8. The van der Waals surface area contributed by atoms with Crippen LogP contribution in [-0.4, -0.2) is 49.7 Å². The van der Waals surface area contributed by atoms with Gasteiger partial charge in [-0.1, -0.05) is 18.6 Å². The fraction of sp³-hybridized carbons (Fsp3) is 0.440. The first-order valence-electron chi connectivity index (χ1n) is 11.7. The average molecular weight is 431 g/mol. The van der Waals surface area contributed by atoms with E-state index in [1.54, 1.807) is 6.20 Å². The van der Waals surface area contributed by atoms with Crippen molar-refractivity contribution in [3.05, 3.63) is 65.7 Å². The highest BCUT2D eigenvalue weighted by Gasteiger charge is 2.22. The summed E-state index contributed by atoms with van der Waals surface area (Å²) in [5, 5.41) is 12.0. The smallest absolute Gasteiger partial charge is 0.251 e. The van der Waals surface area contributed by atoms with E-state index in [0.29, 0.717) is 0 Å². The Balaban J connectivity index is 1.18. The van der Waals surface area contributed by atoms with Crippen molar-refractivity contribution in [3.63, 3.8) is 0 Å². The molecule has 5 rings (SSSR count). The summed E-state index contributed by atoms with van der Waals surface area (Å²) in [5.74, 6) is 1.83. The summed E-state index contributed by atoms with van der Waals surface area (Å²) >= 11 is 0. The Kier molecular flexibility index (Phi) is 6.25. The van der Waals surface area contributed by atoms with Gasteiger partial charge in [-0.2, -0.15) is 0 Å². The summed E-state index contributed by atoms with van der Waals surface area (Å²) in [6.45, 7) is 4.12. The lowest BCUT2D eigenvalue weighted by atomic mass is 10.1. The standard InChI is InChI=1S/C25H30N6O/c32-25(20-8-6-19(7-9-20)18-30-14-2-1-3-15-30)27-22-10-11-23-28-29-24(31(23)16-12-22)21-5-4-13-26-17-21/h4-9,13,17,22H,1-3,10-12,14-16,18H2,(H,27,32). The molecule has 2 aliphatic heterocycles. The van der Waals surface area contributed by atoms with Gasteiger partial charge < -0.3 is 9.88 Å². The number of carbonyl (C=O) groups is 1. The van der Waals surface area contributed by atoms with Gasteiger partial charge in [-0.15, -0.1) is 10.2 Å². The lowest BCUT2D eigenvalue weighted by Crippen LogP contribution is -2.35. The molecule has 3 aromatic rings. The highest BCUT2D eigenvalue weighted by Crippen LogP contribution is 2.22. The van der Waals surface area contributed by atoms with E-state index >= 15 is 0 Å². The number of hydrogen-bond donors (Lipinski definition) is 1. The Morgan fingerprint density at radius 1 is 1.00 bits per heavy atom. The van der Waals surface area contributed by atoms with Gasteiger partial charge in [0.25, 0.3) is 5.91 Å². The van der Waals surface area contributed by atoms with Crippen molar-refractivity contribution in [2.24, 2.45) is 0 Å². The maximum atomic E-state index is 12.9. The molecule has 0 radical (unpaired) electrons. The Morgan fingerprint density at radius 2 is 1.84 bits per heavy atom. The largest absolute Gasteiger partial charge is 0.349 e. The van der Waals surface area contributed by atoms with Crippen molar-refractivity contribution in [3.8, 4) is 11.4 Å². The molecule has 1 fully saturated rings. The van der Waals surface area contributed by atoms with E-state index in [-0.39, 0.29) is 11.9 Å². The van der Waals surface area contributed by atoms with Crippen LogP contribution in [-0.2, 0) is 19.5 Å². The number of piperidine rings is 1. The highest BCUT2D eigenvalue weighted by molar-refractivity contribution is 5.94. The van der Waals surface area contributed by atoms with Gasteiger partial charge in [0, 0.05) is 49.1 Å². The second kappa shape index (κ2) is 9.61. The van der Waals surface area contributed by atoms with Gasteiger partial charge >= 0.3 is 0 Å². The molecule has 1 aromatic carbocycles. The quantitative estimate of drug-likeness (QED) is 0.671. The molecule has 1 N–H and O–H groups in total. The van der Waals surface area contributed by atoms with Crippen molar-refractivity contribution in [1.29, 1.82) is 0 Å². The first-order valence-corrected chi connectivity index (χ1v) is 11.7. The monoisotopic (exact) mass is 430 g/mol. The maximum absolute atomic E-state index is 12.9. The first-order chi connectivity index (χ1) is 15.8. The van der Waals surface area contributed by atoms with Crippen LogP contribution in [0.15, 0.2) is 48.8 Å². The van der Waals surface area contributed by atoms with Crippen LogP contribution in [0, 0.1) is 0 Å². The molecule has 32 heavy (non-hydrogen) atoms. The van der Waals surface area contributed by atoms with Crippen LogP contribution < -0.4 is 5.32 Å². The van der Waals surface area contributed by atoms with Crippen LogP contribution in [0.1, 0.15) is 53.8 Å². The predicted octanol–water partition coefficient (Wildman–Crippen LogP) is 3.46. The minimum atomic E-state index is 0.00432. The molecule has 0 aliphatic carbocycles. The molecule has 7 heteroatoms. The van der Waals surface area contributed by atoms with Gasteiger partial charge in [-0.3, -0.25) is 14.7 Å². The van der Waals surface area contributed by atoms with Crippen LogP contribution in [0.25, 0.3) is 11.4 Å². The lowest BCUT2D eigenvalue weighted by Gasteiger charge is -2.26. The number of amides is 1. The topological polar surface area (TPSA) is 75.9 Å². The van der Waals surface area contributed by atoms with Gasteiger partial charge in [-0.05, 0) is 68.6 Å². The summed E-state index contributed by atoms with van der Waals surface area (Å²) in [4.78, 5) is 19.6. The second-order valence-corrected chi connectivity index (χ2v) is 8.86. The number of nitrogens with one attached hydrogen (secondary N) is 1. The molecule has 2 aliphatic rings. The third-order valence-corrected chi connectivity index (χ3v) is 6.57. The van der Waals surface area contributed by atoms with Gasteiger partial charge in [0.1, 0.15) is 5.82 Å². The van der Waals surface area contributed by atoms with Crippen molar-refractivity contribution < 1.29 is 4.79 Å². The SMILES string of the molecule is O=C(NC1CCc2nnc(-c3cccnc3)n2CC1)c1ccc(CN2CCCCC2)cc1. The number of likely N-dealkylation sites (tertiary alicyclic amines) is 1. The van der Waals surface area contributed by atoms with E-state index in [1.165, 1.54) is 37.9 Å². The van der Waals surface area contributed by atoms with Crippen LogP contribution >= 0.6 is 0 Å². The molecule has 0 spiro atoms. The van der Waals surface area contributed by atoms with Crippen LogP contribution in [0.5, 0.6) is 0 Å². The zero-order valence-corrected chi connectivity index (χ0v) is 18.4. The number of carbonyl (C=O) groups excluding carboxylic acids is 1. The number of aryl methyl sites for hydroxylation is 1. The summed E-state index contributed by atoms with van der Waals surface area (Å²) in [5.41, 5.74) is 2.98. The van der Waals surface area contributed by atoms with E-state index in [0.717, 1.165) is 55.1 Å². The number of hydrogen-bond acceptors (Lipinski definition) is 5.